The average molecular weight is 663 g/mol. The lowest BCUT2D eigenvalue weighted by Crippen LogP contribution is -1.91. The Morgan fingerprint density at radius 2 is 0.804 bits per heavy atom. The quantitative estimate of drug-likeness (QED) is 0.165. The van der Waals surface area contributed by atoms with Gasteiger partial charge < -0.3 is 0 Å². The van der Waals surface area contributed by atoms with Crippen molar-refractivity contribution in [3.8, 4) is 33.4 Å². The molecular weight excluding hydrogens is 633 g/mol. The molecule has 0 aliphatic rings. The summed E-state index contributed by atoms with van der Waals surface area (Å²) in [6.07, 6.45) is 0. The SMILES string of the molecule is c1ccc2c(-c3c4ccccc4c(-c4ccc5cc(-c6cc7c8ccccc8sc7c7ccccc67)ccc5c4)c4ccccc34)cccc2c1. The summed E-state index contributed by atoms with van der Waals surface area (Å²) in [7, 11) is 0. The third-order valence-electron chi connectivity index (χ3n) is 10.8. The standard InChI is InChI=1S/C50H30S/c1-2-14-36-31(12-1)13-11-22-39(36)49-42-19-6-4-17-40(42)48(41-18-5-7-20-43(41)49)35-27-25-32-28-34(26-24-33(32)29-35)45-30-46-38-16-9-10-23-47(38)51-50(46)44-21-8-3-15-37(44)45/h1-30H. The average Bonchev–Trinajstić information content (AvgIpc) is 3.58. The second-order valence-electron chi connectivity index (χ2n) is 13.6. The van der Waals surface area contributed by atoms with Crippen molar-refractivity contribution in [3.05, 3.63) is 182 Å². The monoisotopic (exact) mass is 662 g/mol. The van der Waals surface area contributed by atoms with Crippen LogP contribution in [0.4, 0.5) is 0 Å². The summed E-state index contributed by atoms with van der Waals surface area (Å²) in [5, 5.41) is 15.4. The van der Waals surface area contributed by atoms with Gasteiger partial charge in [0.2, 0.25) is 0 Å². The van der Waals surface area contributed by atoms with Crippen LogP contribution in [0.3, 0.4) is 0 Å². The Bertz CT molecular complexity index is 3130. The predicted molar refractivity (Wildman–Crippen MR) is 223 cm³/mol. The van der Waals surface area contributed by atoms with E-state index < -0.39 is 0 Å². The minimum atomic E-state index is 1.24. The van der Waals surface area contributed by atoms with Gasteiger partial charge in [0.1, 0.15) is 0 Å². The lowest BCUT2D eigenvalue weighted by atomic mass is 9.84. The van der Waals surface area contributed by atoms with Crippen molar-refractivity contribution < 1.29 is 0 Å². The van der Waals surface area contributed by atoms with E-state index in [0.717, 1.165) is 0 Å². The summed E-state index contributed by atoms with van der Waals surface area (Å²) >= 11 is 1.90. The fourth-order valence-corrected chi connectivity index (χ4v) is 9.75. The maximum absolute atomic E-state index is 2.42. The first-order valence-electron chi connectivity index (χ1n) is 17.6. The Morgan fingerprint density at radius 1 is 0.275 bits per heavy atom. The molecule has 0 spiro atoms. The molecule has 0 bridgehead atoms. The van der Waals surface area contributed by atoms with E-state index in [-0.39, 0.29) is 0 Å². The molecule has 0 saturated carbocycles. The predicted octanol–water partition coefficient (Wildman–Crippen LogP) is 14.8. The molecule has 0 unspecified atom stereocenters. The van der Waals surface area contributed by atoms with Gasteiger partial charge in [-0.15, -0.1) is 11.3 Å². The van der Waals surface area contributed by atoms with Crippen LogP contribution in [0.15, 0.2) is 182 Å². The summed E-state index contributed by atoms with van der Waals surface area (Å²) < 4.78 is 2.71. The molecule has 236 valence electrons. The molecule has 1 aromatic heterocycles. The van der Waals surface area contributed by atoms with Gasteiger partial charge in [0, 0.05) is 25.6 Å². The largest absolute Gasteiger partial charge is 0.135 e. The van der Waals surface area contributed by atoms with E-state index in [1.807, 2.05) is 11.3 Å². The second kappa shape index (κ2) is 11.1. The highest BCUT2D eigenvalue weighted by Crippen LogP contribution is 2.46. The normalized spacial score (nSPS) is 11.9. The van der Waals surface area contributed by atoms with Crippen molar-refractivity contribution >= 4 is 85.4 Å². The molecule has 0 fully saturated rings. The molecule has 0 N–H and O–H groups in total. The fourth-order valence-electron chi connectivity index (χ4n) is 8.53. The van der Waals surface area contributed by atoms with Crippen LogP contribution in [0.25, 0.3) is 107 Å². The van der Waals surface area contributed by atoms with E-state index >= 15 is 0 Å². The Labute approximate surface area is 299 Å². The molecule has 0 amide bonds. The first kappa shape index (κ1) is 28.5. The molecule has 1 heterocycles. The lowest BCUT2D eigenvalue weighted by molar-refractivity contribution is 1.67. The topological polar surface area (TPSA) is 0 Å². The van der Waals surface area contributed by atoms with Gasteiger partial charge in [-0.1, -0.05) is 158 Å². The fraction of sp³-hybridized carbons (Fsp3) is 0. The highest BCUT2D eigenvalue weighted by molar-refractivity contribution is 7.26. The summed E-state index contributed by atoms with van der Waals surface area (Å²) in [6.45, 7) is 0. The zero-order valence-electron chi connectivity index (χ0n) is 27.7. The second-order valence-corrected chi connectivity index (χ2v) is 14.6. The number of thiophene rings is 1. The van der Waals surface area contributed by atoms with Gasteiger partial charge >= 0.3 is 0 Å². The molecule has 11 rings (SSSR count). The number of benzene rings is 10. The molecule has 0 saturated heterocycles. The van der Waals surface area contributed by atoms with Crippen molar-refractivity contribution in [2.75, 3.05) is 0 Å². The van der Waals surface area contributed by atoms with Crippen molar-refractivity contribution in [3.63, 3.8) is 0 Å². The number of rotatable bonds is 3. The van der Waals surface area contributed by atoms with E-state index in [9.17, 15) is 0 Å². The molecular formula is C50H30S. The Hall–Kier alpha value is -6.28. The minimum Gasteiger partial charge on any atom is -0.135 e. The van der Waals surface area contributed by atoms with E-state index in [1.54, 1.807) is 0 Å². The molecule has 0 nitrogen and oxygen atoms in total. The van der Waals surface area contributed by atoms with Crippen LogP contribution in [0, 0.1) is 0 Å². The maximum Gasteiger partial charge on any atom is 0.0434 e. The van der Waals surface area contributed by atoms with Gasteiger partial charge in [-0.2, -0.15) is 0 Å². The van der Waals surface area contributed by atoms with Crippen LogP contribution >= 0.6 is 11.3 Å². The van der Waals surface area contributed by atoms with Crippen LogP contribution in [0.2, 0.25) is 0 Å². The van der Waals surface area contributed by atoms with E-state index in [2.05, 4.69) is 182 Å². The summed E-state index contributed by atoms with van der Waals surface area (Å²) in [4.78, 5) is 0. The molecule has 11 aromatic rings. The first-order chi connectivity index (χ1) is 25.3. The van der Waals surface area contributed by atoms with Crippen LogP contribution in [0.5, 0.6) is 0 Å². The summed E-state index contributed by atoms with van der Waals surface area (Å²) in [6, 6.07) is 67.5. The number of hydrogen-bond acceptors (Lipinski definition) is 1. The van der Waals surface area contributed by atoms with Crippen molar-refractivity contribution in [1.29, 1.82) is 0 Å². The Balaban J connectivity index is 1.12. The summed E-state index contributed by atoms with van der Waals surface area (Å²) in [5.41, 5.74) is 7.64. The van der Waals surface area contributed by atoms with Crippen LogP contribution in [0.1, 0.15) is 0 Å². The highest BCUT2D eigenvalue weighted by Gasteiger charge is 2.19. The van der Waals surface area contributed by atoms with Gasteiger partial charge in [0.25, 0.3) is 0 Å². The van der Waals surface area contributed by atoms with Crippen molar-refractivity contribution in [1.82, 2.24) is 0 Å². The molecule has 10 aromatic carbocycles. The van der Waals surface area contributed by atoms with Crippen molar-refractivity contribution in [2.45, 2.75) is 0 Å². The Morgan fingerprint density at radius 3 is 1.53 bits per heavy atom. The van der Waals surface area contributed by atoms with Crippen molar-refractivity contribution in [2.24, 2.45) is 0 Å². The number of hydrogen-bond donors (Lipinski definition) is 0. The minimum absolute atomic E-state index is 1.24. The zero-order valence-corrected chi connectivity index (χ0v) is 28.5. The third-order valence-corrected chi connectivity index (χ3v) is 12.0. The van der Waals surface area contributed by atoms with Gasteiger partial charge in [0.05, 0.1) is 0 Å². The highest BCUT2D eigenvalue weighted by atomic mass is 32.1. The lowest BCUT2D eigenvalue weighted by Gasteiger charge is -2.19. The van der Waals surface area contributed by atoms with E-state index in [4.69, 9.17) is 0 Å². The van der Waals surface area contributed by atoms with E-state index in [0.29, 0.717) is 0 Å². The first-order valence-corrected chi connectivity index (χ1v) is 18.4. The molecule has 0 aliphatic heterocycles. The van der Waals surface area contributed by atoms with Crippen LogP contribution in [-0.4, -0.2) is 0 Å². The molecule has 0 atom stereocenters. The van der Waals surface area contributed by atoms with Crippen LogP contribution in [-0.2, 0) is 0 Å². The molecule has 51 heavy (non-hydrogen) atoms. The van der Waals surface area contributed by atoms with Gasteiger partial charge in [-0.3, -0.25) is 0 Å². The molecule has 0 radical (unpaired) electrons. The van der Waals surface area contributed by atoms with Gasteiger partial charge in [-0.05, 0) is 106 Å². The summed E-state index contributed by atoms with van der Waals surface area (Å²) in [5.74, 6) is 0. The smallest absolute Gasteiger partial charge is 0.0434 e. The van der Waals surface area contributed by atoms with Gasteiger partial charge in [0.15, 0.2) is 0 Å². The Kier molecular flexibility index (Phi) is 6.22. The number of fused-ring (bicyclic) bond motifs is 9. The zero-order chi connectivity index (χ0) is 33.5. The third kappa shape index (κ3) is 4.32. The van der Waals surface area contributed by atoms with Crippen LogP contribution < -0.4 is 0 Å². The maximum atomic E-state index is 2.42. The molecule has 1 heteroatoms. The van der Waals surface area contributed by atoms with Gasteiger partial charge in [-0.25, -0.2) is 0 Å². The molecule has 0 aliphatic carbocycles. The van der Waals surface area contributed by atoms with E-state index in [1.165, 1.54) is 107 Å².